The van der Waals surface area contributed by atoms with Crippen LogP contribution in [0.15, 0.2) is 0 Å². The van der Waals surface area contributed by atoms with E-state index in [0.717, 1.165) is 12.5 Å². The minimum Gasteiger partial charge on any atom is -0.481 e. The number of nitrogens with zero attached hydrogens (tertiary/aromatic N) is 1. The summed E-state index contributed by atoms with van der Waals surface area (Å²) in [4.78, 5) is 25.4. The molecule has 0 aromatic rings. The highest BCUT2D eigenvalue weighted by Crippen LogP contribution is 2.29. The number of hydrogen-bond donors (Lipinski definition) is 2. The fourth-order valence-corrected chi connectivity index (χ4v) is 2.72. The molecular formula is C15H26N2O3. The van der Waals surface area contributed by atoms with Gasteiger partial charge in [-0.2, -0.15) is 0 Å². The number of piperidine rings is 1. The summed E-state index contributed by atoms with van der Waals surface area (Å²) in [6.45, 7) is 7.57. The molecule has 5 heteroatoms. The summed E-state index contributed by atoms with van der Waals surface area (Å²) in [5.41, 5.74) is -0.457. The summed E-state index contributed by atoms with van der Waals surface area (Å²) in [6, 6.07) is 0.108. The minimum atomic E-state index is -0.797. The molecule has 1 aliphatic carbocycles. The Morgan fingerprint density at radius 3 is 2.40 bits per heavy atom. The van der Waals surface area contributed by atoms with Crippen molar-refractivity contribution in [2.24, 2.45) is 17.3 Å². The monoisotopic (exact) mass is 282 g/mol. The molecule has 1 heterocycles. The second kappa shape index (κ2) is 5.72. The molecule has 5 nitrogen and oxygen atoms in total. The molecule has 1 aliphatic heterocycles. The topological polar surface area (TPSA) is 69.6 Å². The molecule has 0 aromatic heterocycles. The summed E-state index contributed by atoms with van der Waals surface area (Å²) in [6.07, 6.45) is 3.16. The molecule has 2 aliphatic rings. The number of carboxylic acids is 1. The van der Waals surface area contributed by atoms with E-state index in [0.29, 0.717) is 19.5 Å². The SMILES string of the molecule is CC(C)(C)C(=O)N1CC(NCC2CC2)CC(C(=O)O)C1. The van der Waals surface area contributed by atoms with E-state index < -0.39 is 17.3 Å². The van der Waals surface area contributed by atoms with E-state index >= 15 is 0 Å². The molecule has 1 saturated carbocycles. The highest BCUT2D eigenvalue weighted by Gasteiger charge is 2.37. The number of carbonyl (C=O) groups excluding carboxylic acids is 1. The predicted octanol–water partition coefficient (Wildman–Crippen LogP) is 1.33. The van der Waals surface area contributed by atoms with Crippen LogP contribution in [0.25, 0.3) is 0 Å². The zero-order valence-electron chi connectivity index (χ0n) is 12.7. The van der Waals surface area contributed by atoms with E-state index in [9.17, 15) is 14.7 Å². The maximum atomic E-state index is 12.4. The first kappa shape index (κ1) is 15.3. The lowest BCUT2D eigenvalue weighted by atomic mass is 9.89. The second-order valence-electron chi connectivity index (χ2n) is 7.28. The Bertz CT molecular complexity index is 385. The van der Waals surface area contributed by atoms with Gasteiger partial charge in [0.05, 0.1) is 5.92 Å². The number of aliphatic carboxylic acids is 1. The van der Waals surface area contributed by atoms with Crippen molar-refractivity contribution in [3.63, 3.8) is 0 Å². The van der Waals surface area contributed by atoms with Gasteiger partial charge in [-0.05, 0) is 31.7 Å². The number of hydrogen-bond acceptors (Lipinski definition) is 3. The summed E-state index contributed by atoms with van der Waals surface area (Å²) in [5, 5.41) is 12.7. The van der Waals surface area contributed by atoms with Crippen LogP contribution >= 0.6 is 0 Å². The number of carbonyl (C=O) groups is 2. The van der Waals surface area contributed by atoms with Gasteiger partial charge in [0.1, 0.15) is 0 Å². The number of nitrogens with one attached hydrogen (secondary N) is 1. The molecule has 2 unspecified atom stereocenters. The number of amides is 1. The molecular weight excluding hydrogens is 256 g/mol. The van der Waals surface area contributed by atoms with Gasteiger partial charge in [-0.25, -0.2) is 0 Å². The maximum absolute atomic E-state index is 12.4. The molecule has 0 spiro atoms. The van der Waals surface area contributed by atoms with Crippen LogP contribution in [-0.2, 0) is 9.59 Å². The van der Waals surface area contributed by atoms with Gasteiger partial charge in [0.2, 0.25) is 5.91 Å². The molecule has 2 rings (SSSR count). The van der Waals surface area contributed by atoms with Crippen LogP contribution in [0.1, 0.15) is 40.0 Å². The molecule has 114 valence electrons. The third-order valence-corrected chi connectivity index (χ3v) is 4.12. The average molecular weight is 282 g/mol. The average Bonchev–Trinajstić information content (AvgIpc) is 3.18. The van der Waals surface area contributed by atoms with Crippen LogP contribution in [0.3, 0.4) is 0 Å². The number of rotatable bonds is 4. The molecule has 0 radical (unpaired) electrons. The van der Waals surface area contributed by atoms with Gasteiger partial charge < -0.3 is 15.3 Å². The van der Waals surface area contributed by atoms with Crippen molar-refractivity contribution in [1.29, 1.82) is 0 Å². The largest absolute Gasteiger partial charge is 0.481 e. The second-order valence-corrected chi connectivity index (χ2v) is 7.28. The van der Waals surface area contributed by atoms with Crippen molar-refractivity contribution < 1.29 is 14.7 Å². The predicted molar refractivity (Wildman–Crippen MR) is 76.3 cm³/mol. The van der Waals surface area contributed by atoms with Crippen molar-refractivity contribution in [1.82, 2.24) is 10.2 Å². The van der Waals surface area contributed by atoms with Crippen LogP contribution in [0.2, 0.25) is 0 Å². The molecule has 2 fully saturated rings. The molecule has 1 saturated heterocycles. The molecule has 1 amide bonds. The fraction of sp³-hybridized carbons (Fsp3) is 0.867. The standard InChI is InChI=1S/C15H26N2O3/c1-15(2,3)14(20)17-8-11(13(18)19)6-12(9-17)16-7-10-4-5-10/h10-12,16H,4-9H2,1-3H3,(H,18,19). The zero-order valence-corrected chi connectivity index (χ0v) is 12.7. The summed E-state index contributed by atoms with van der Waals surface area (Å²) >= 11 is 0. The van der Waals surface area contributed by atoms with Crippen molar-refractivity contribution in [2.75, 3.05) is 19.6 Å². The van der Waals surface area contributed by atoms with Crippen LogP contribution in [-0.4, -0.2) is 47.6 Å². The quantitative estimate of drug-likeness (QED) is 0.816. The highest BCUT2D eigenvalue weighted by atomic mass is 16.4. The molecule has 0 bridgehead atoms. The van der Waals surface area contributed by atoms with Gasteiger partial charge in [-0.1, -0.05) is 20.8 Å². The first-order valence-electron chi connectivity index (χ1n) is 7.53. The van der Waals surface area contributed by atoms with Crippen molar-refractivity contribution in [3.05, 3.63) is 0 Å². The summed E-state index contributed by atoms with van der Waals surface area (Å²) in [5.74, 6) is -0.449. The number of carboxylic acid groups (broad SMARTS) is 1. The van der Waals surface area contributed by atoms with Crippen molar-refractivity contribution >= 4 is 11.9 Å². The maximum Gasteiger partial charge on any atom is 0.308 e. The van der Waals surface area contributed by atoms with E-state index in [2.05, 4.69) is 5.32 Å². The van der Waals surface area contributed by atoms with Crippen LogP contribution in [0.4, 0.5) is 0 Å². The molecule has 0 aromatic carbocycles. The molecule has 2 atom stereocenters. The van der Waals surface area contributed by atoms with Gasteiger partial charge in [0.15, 0.2) is 0 Å². The van der Waals surface area contributed by atoms with Crippen molar-refractivity contribution in [2.45, 2.75) is 46.1 Å². The van der Waals surface area contributed by atoms with Gasteiger partial charge in [-0.15, -0.1) is 0 Å². The summed E-state index contributed by atoms with van der Waals surface area (Å²) < 4.78 is 0. The van der Waals surface area contributed by atoms with Crippen molar-refractivity contribution in [3.8, 4) is 0 Å². The first-order chi connectivity index (χ1) is 9.27. The molecule has 20 heavy (non-hydrogen) atoms. The Labute approximate surface area is 120 Å². The van der Waals surface area contributed by atoms with Gasteiger partial charge >= 0.3 is 5.97 Å². The minimum absolute atomic E-state index is 0.0432. The smallest absolute Gasteiger partial charge is 0.308 e. The Morgan fingerprint density at radius 1 is 1.25 bits per heavy atom. The summed E-state index contributed by atoms with van der Waals surface area (Å²) in [7, 11) is 0. The normalized spacial score (nSPS) is 27.4. The van der Waals surface area contributed by atoms with Crippen LogP contribution < -0.4 is 5.32 Å². The molecule has 2 N–H and O–H groups in total. The Morgan fingerprint density at radius 2 is 1.90 bits per heavy atom. The van der Waals surface area contributed by atoms with E-state index in [-0.39, 0.29) is 11.9 Å². The van der Waals surface area contributed by atoms with E-state index in [1.54, 1.807) is 4.90 Å². The first-order valence-corrected chi connectivity index (χ1v) is 7.53. The van der Waals surface area contributed by atoms with Gasteiger partial charge in [0.25, 0.3) is 0 Å². The van der Waals surface area contributed by atoms with E-state index in [1.807, 2.05) is 20.8 Å². The van der Waals surface area contributed by atoms with Crippen LogP contribution in [0.5, 0.6) is 0 Å². The van der Waals surface area contributed by atoms with E-state index in [1.165, 1.54) is 12.8 Å². The Hall–Kier alpha value is -1.10. The van der Waals surface area contributed by atoms with Gasteiger partial charge in [-0.3, -0.25) is 9.59 Å². The number of likely N-dealkylation sites (tertiary alicyclic amines) is 1. The third kappa shape index (κ3) is 3.95. The van der Waals surface area contributed by atoms with Gasteiger partial charge in [0, 0.05) is 24.5 Å². The lowest BCUT2D eigenvalue weighted by molar-refractivity contribution is -0.149. The third-order valence-electron chi connectivity index (χ3n) is 4.12. The highest BCUT2D eigenvalue weighted by molar-refractivity contribution is 5.82. The fourth-order valence-electron chi connectivity index (χ4n) is 2.72. The lowest BCUT2D eigenvalue weighted by Crippen LogP contribution is -2.55. The zero-order chi connectivity index (χ0) is 14.9. The lowest BCUT2D eigenvalue weighted by Gasteiger charge is -2.39. The Balaban J connectivity index is 1.99. The van der Waals surface area contributed by atoms with E-state index in [4.69, 9.17) is 0 Å². The van der Waals surface area contributed by atoms with Crippen LogP contribution in [0, 0.1) is 17.3 Å². The Kier molecular flexibility index (Phi) is 4.37.